The van der Waals surface area contributed by atoms with Crippen molar-refractivity contribution in [2.75, 3.05) is 31.5 Å². The second-order valence-electron chi connectivity index (χ2n) is 11.2. The first-order valence-electron chi connectivity index (χ1n) is 14.2. The Bertz CT molecular complexity index is 1730. The van der Waals surface area contributed by atoms with E-state index in [1.807, 2.05) is 61.0 Å². The van der Waals surface area contributed by atoms with Crippen LogP contribution in [0.15, 0.2) is 73.2 Å². The lowest BCUT2D eigenvalue weighted by atomic mass is 9.85. The summed E-state index contributed by atoms with van der Waals surface area (Å²) in [6.45, 7) is 13.5. The average molecular weight is 594 g/mol. The number of urea groups is 1. The van der Waals surface area contributed by atoms with Crippen molar-refractivity contribution in [2.24, 2.45) is 0 Å². The Morgan fingerprint density at radius 2 is 1.88 bits per heavy atom. The Kier molecular flexibility index (Phi) is 7.75. The van der Waals surface area contributed by atoms with Gasteiger partial charge in [0.2, 0.25) is 0 Å². The third kappa shape index (κ3) is 5.77. The largest absolute Gasteiger partial charge is 0.384 e. The molecule has 2 atom stereocenters. The van der Waals surface area contributed by atoms with Crippen molar-refractivity contribution >= 4 is 40.7 Å². The fraction of sp³-hybridized carbons (Fsp3) is 0.273. The molecule has 6 rings (SSSR count). The molecule has 10 heteroatoms. The van der Waals surface area contributed by atoms with Gasteiger partial charge in [-0.15, -0.1) is 0 Å². The number of hydrogen-bond acceptors (Lipinski definition) is 5. The maximum atomic E-state index is 13.1. The van der Waals surface area contributed by atoms with Gasteiger partial charge in [0.05, 0.1) is 24.9 Å². The van der Waals surface area contributed by atoms with E-state index in [1.54, 1.807) is 41.6 Å². The number of nitrogens with zero attached hydrogens (tertiary/aromatic N) is 6. The zero-order valence-electron chi connectivity index (χ0n) is 24.0. The molecular weight excluding hydrogens is 562 g/mol. The smallest absolute Gasteiger partial charge is 0.321 e. The summed E-state index contributed by atoms with van der Waals surface area (Å²) in [6, 6.07) is 16.3. The highest BCUT2D eigenvalue weighted by Crippen LogP contribution is 2.44. The third-order valence-electron chi connectivity index (χ3n) is 8.23. The van der Waals surface area contributed by atoms with Crippen LogP contribution >= 0.6 is 11.6 Å². The number of aromatic nitrogens is 3. The Labute approximate surface area is 255 Å². The highest BCUT2D eigenvalue weighted by atomic mass is 35.5. The van der Waals surface area contributed by atoms with Crippen molar-refractivity contribution in [3.63, 3.8) is 0 Å². The van der Waals surface area contributed by atoms with Gasteiger partial charge in [0.25, 0.3) is 0 Å². The molecule has 1 aliphatic heterocycles. The number of rotatable bonds is 5. The number of carbonyl (C=O) groups excluding carboxylic acids is 1. The second kappa shape index (κ2) is 11.7. The Morgan fingerprint density at radius 1 is 1.12 bits per heavy atom. The molecule has 2 aromatic heterocycles. The molecule has 2 aliphatic rings. The van der Waals surface area contributed by atoms with Gasteiger partial charge in [0.15, 0.2) is 5.69 Å². The van der Waals surface area contributed by atoms with E-state index in [1.165, 1.54) is 0 Å². The van der Waals surface area contributed by atoms with Gasteiger partial charge in [-0.1, -0.05) is 35.9 Å². The van der Waals surface area contributed by atoms with Crippen molar-refractivity contribution in [2.45, 2.75) is 32.0 Å². The lowest BCUT2D eigenvalue weighted by Gasteiger charge is -2.40. The summed E-state index contributed by atoms with van der Waals surface area (Å²) in [6.07, 6.45) is 7.44. The molecule has 2 unspecified atom stereocenters. The number of carbonyl (C=O) groups is 1. The zero-order chi connectivity index (χ0) is 30.1. The Hall–Kier alpha value is -4.49. The number of amides is 2. The van der Waals surface area contributed by atoms with Crippen LogP contribution in [0.4, 0.5) is 16.2 Å². The van der Waals surface area contributed by atoms with Gasteiger partial charge in [-0.05, 0) is 72.5 Å². The molecule has 0 saturated carbocycles. The number of imidazole rings is 1. The molecule has 2 N–H and O–H groups in total. The molecule has 1 saturated heterocycles. The highest BCUT2D eigenvalue weighted by Gasteiger charge is 2.37. The number of nitrogens with one attached hydrogen (secondary N) is 1. The number of anilines is 1. The van der Waals surface area contributed by atoms with Gasteiger partial charge in [-0.2, -0.15) is 0 Å². The molecule has 43 heavy (non-hydrogen) atoms. The van der Waals surface area contributed by atoms with Crippen LogP contribution in [0.3, 0.4) is 0 Å². The van der Waals surface area contributed by atoms with Gasteiger partial charge in [0.1, 0.15) is 11.4 Å². The van der Waals surface area contributed by atoms with E-state index < -0.39 is 5.60 Å². The van der Waals surface area contributed by atoms with Crippen molar-refractivity contribution in [1.82, 2.24) is 24.3 Å². The molecule has 218 valence electrons. The summed E-state index contributed by atoms with van der Waals surface area (Å²) >= 11 is 6.58. The molecule has 0 bridgehead atoms. The molecule has 4 aromatic rings. The maximum absolute atomic E-state index is 13.1. The van der Waals surface area contributed by atoms with E-state index in [4.69, 9.17) is 23.2 Å². The first-order valence-corrected chi connectivity index (χ1v) is 14.6. The molecule has 0 radical (unpaired) electrons. The van der Waals surface area contributed by atoms with Crippen LogP contribution in [-0.2, 0) is 6.54 Å². The van der Waals surface area contributed by atoms with E-state index in [0.29, 0.717) is 49.1 Å². The molecule has 1 fully saturated rings. The van der Waals surface area contributed by atoms with Crippen molar-refractivity contribution in [3.8, 4) is 0 Å². The van der Waals surface area contributed by atoms with Crippen LogP contribution in [0.5, 0.6) is 0 Å². The second-order valence-corrected chi connectivity index (χ2v) is 11.6. The van der Waals surface area contributed by atoms with E-state index in [9.17, 15) is 9.90 Å². The number of aliphatic hydroxyl groups is 1. The van der Waals surface area contributed by atoms with Gasteiger partial charge >= 0.3 is 6.03 Å². The van der Waals surface area contributed by atoms with Crippen molar-refractivity contribution < 1.29 is 9.90 Å². The van der Waals surface area contributed by atoms with Crippen LogP contribution in [-0.4, -0.2) is 67.3 Å². The average Bonchev–Trinajstić information content (AvgIpc) is 3.33. The normalized spacial score (nSPS) is 18.0. The Balaban J connectivity index is 1.30. The number of benzene rings is 2. The monoisotopic (exact) mass is 593 g/mol. The minimum absolute atomic E-state index is 0.170. The summed E-state index contributed by atoms with van der Waals surface area (Å²) in [4.78, 5) is 29.8. The standard InChI is InChI=1S/C33H32ClN7O2/c1-22-36-13-14-41(22)21-33(2,43)29-19-23-5-4-12-37-30(23)31(27-11-6-24(34)20-28(27)29)39-15-17-40(18-16-39)32(42)38-26-9-7-25(35-3)8-10-26/h4-14,19-20,31,43H,15-18,21H2,1-2H3,(H,38,42). The topological polar surface area (TPSA) is 90.9 Å². The fourth-order valence-corrected chi connectivity index (χ4v) is 6.14. The molecule has 2 aromatic carbocycles. The van der Waals surface area contributed by atoms with E-state index >= 15 is 0 Å². The predicted octanol–water partition coefficient (Wildman–Crippen LogP) is 6.04. The van der Waals surface area contributed by atoms with E-state index in [0.717, 1.165) is 33.8 Å². The van der Waals surface area contributed by atoms with Crippen LogP contribution in [0, 0.1) is 13.5 Å². The summed E-state index contributed by atoms with van der Waals surface area (Å²) in [5.41, 5.74) is 4.42. The van der Waals surface area contributed by atoms with Crippen LogP contribution in [0.1, 0.15) is 41.2 Å². The molecule has 2 amide bonds. The molecule has 1 aliphatic carbocycles. The number of pyridine rings is 1. The van der Waals surface area contributed by atoms with Gasteiger partial charge < -0.3 is 19.9 Å². The SMILES string of the molecule is [C-]#[N+]c1ccc(NC(=O)N2CCN(C3c4ccc(Cl)cc4C(C(C)(O)Cn4ccnc4C)=Cc4cccnc43)CC2)cc1. The summed E-state index contributed by atoms with van der Waals surface area (Å²) in [5, 5.41) is 15.5. The first-order chi connectivity index (χ1) is 20.7. The molecule has 0 spiro atoms. The number of halogens is 1. The fourth-order valence-electron chi connectivity index (χ4n) is 5.97. The lowest BCUT2D eigenvalue weighted by Crippen LogP contribution is -2.51. The quantitative estimate of drug-likeness (QED) is 0.276. The van der Waals surface area contributed by atoms with Crippen molar-refractivity contribution in [1.29, 1.82) is 0 Å². The van der Waals surface area contributed by atoms with Gasteiger partial charge in [-0.25, -0.2) is 14.6 Å². The molecular formula is C33H32ClN7O2. The van der Waals surface area contributed by atoms with E-state index in [2.05, 4.69) is 20.0 Å². The minimum Gasteiger partial charge on any atom is -0.384 e. The molecule has 3 heterocycles. The predicted molar refractivity (Wildman–Crippen MR) is 168 cm³/mol. The van der Waals surface area contributed by atoms with Gasteiger partial charge in [-0.3, -0.25) is 9.88 Å². The third-order valence-corrected chi connectivity index (χ3v) is 8.46. The number of fused-ring (bicyclic) bond motifs is 2. The number of hydrogen-bond donors (Lipinski definition) is 2. The summed E-state index contributed by atoms with van der Waals surface area (Å²) < 4.78 is 1.95. The molecule has 9 nitrogen and oxygen atoms in total. The lowest BCUT2D eigenvalue weighted by molar-refractivity contribution is 0.102. The van der Waals surface area contributed by atoms with Crippen molar-refractivity contribution in [3.05, 3.63) is 118 Å². The zero-order valence-corrected chi connectivity index (χ0v) is 24.8. The number of aryl methyl sites for hydroxylation is 1. The van der Waals surface area contributed by atoms with Gasteiger partial charge in [0, 0.05) is 55.5 Å². The van der Waals surface area contributed by atoms with Crippen LogP contribution < -0.4 is 5.32 Å². The summed E-state index contributed by atoms with van der Waals surface area (Å²) in [5.74, 6) is 0.822. The Morgan fingerprint density at radius 3 is 2.58 bits per heavy atom. The van der Waals surface area contributed by atoms with Crippen LogP contribution in [0.25, 0.3) is 16.5 Å². The van der Waals surface area contributed by atoms with Crippen LogP contribution in [0.2, 0.25) is 5.02 Å². The first kappa shape index (κ1) is 28.6. The highest BCUT2D eigenvalue weighted by molar-refractivity contribution is 6.30. The summed E-state index contributed by atoms with van der Waals surface area (Å²) in [7, 11) is 0. The minimum atomic E-state index is -1.24. The van der Waals surface area contributed by atoms with E-state index in [-0.39, 0.29) is 12.1 Å². The maximum Gasteiger partial charge on any atom is 0.321 e. The number of piperazine rings is 1.